The number of nitrogens with zero attached hydrogens (tertiary/aromatic N) is 3. The van der Waals surface area contributed by atoms with Crippen LogP contribution in [0.5, 0.6) is 0 Å². The first kappa shape index (κ1) is 14.7. The Hall–Kier alpha value is -0.750. The molecule has 19 heavy (non-hydrogen) atoms. The predicted molar refractivity (Wildman–Crippen MR) is 82.2 cm³/mol. The van der Waals surface area contributed by atoms with Gasteiger partial charge in [-0.25, -0.2) is 0 Å². The summed E-state index contributed by atoms with van der Waals surface area (Å²) >= 11 is 7.84. The van der Waals surface area contributed by atoms with Crippen LogP contribution in [0.2, 0.25) is 5.28 Å². The Morgan fingerprint density at radius 3 is 2.68 bits per heavy atom. The molecular formula is C12H20ClN5S. The Morgan fingerprint density at radius 2 is 1.95 bits per heavy atom. The van der Waals surface area contributed by atoms with Crippen LogP contribution in [-0.2, 0) is 0 Å². The average molecular weight is 302 g/mol. The highest BCUT2D eigenvalue weighted by atomic mass is 35.5. The maximum atomic E-state index is 5.93. The molecule has 0 saturated heterocycles. The molecule has 2 N–H and O–H groups in total. The maximum Gasteiger partial charge on any atom is 0.229 e. The molecular weight excluding hydrogens is 282 g/mol. The van der Waals surface area contributed by atoms with Crippen LogP contribution >= 0.6 is 23.4 Å². The van der Waals surface area contributed by atoms with Gasteiger partial charge in [-0.15, -0.1) is 0 Å². The molecule has 0 aromatic carbocycles. The van der Waals surface area contributed by atoms with Gasteiger partial charge < -0.3 is 10.6 Å². The molecule has 0 radical (unpaired) electrons. The molecule has 1 fully saturated rings. The van der Waals surface area contributed by atoms with Crippen LogP contribution in [-0.4, -0.2) is 39.0 Å². The van der Waals surface area contributed by atoms with Gasteiger partial charge in [0.15, 0.2) is 0 Å². The Bertz CT molecular complexity index is 417. The van der Waals surface area contributed by atoms with Crippen LogP contribution in [0, 0.1) is 0 Å². The van der Waals surface area contributed by atoms with Crippen molar-refractivity contribution in [3.05, 3.63) is 5.28 Å². The van der Waals surface area contributed by atoms with Crippen molar-refractivity contribution in [3.63, 3.8) is 0 Å². The largest absolute Gasteiger partial charge is 0.354 e. The summed E-state index contributed by atoms with van der Waals surface area (Å²) in [6, 6.07) is 0.414. The van der Waals surface area contributed by atoms with E-state index in [0.29, 0.717) is 23.2 Å². The van der Waals surface area contributed by atoms with Crippen molar-refractivity contribution in [1.29, 1.82) is 0 Å². The third kappa shape index (κ3) is 4.11. The number of hydrogen-bond donors (Lipinski definition) is 2. The fourth-order valence-corrected chi connectivity index (χ4v) is 3.46. The van der Waals surface area contributed by atoms with Crippen LogP contribution < -0.4 is 10.6 Å². The summed E-state index contributed by atoms with van der Waals surface area (Å²) in [7, 11) is 0. The van der Waals surface area contributed by atoms with Gasteiger partial charge >= 0.3 is 0 Å². The highest BCUT2D eigenvalue weighted by Gasteiger charge is 2.25. The van der Waals surface area contributed by atoms with Crippen molar-refractivity contribution in [2.75, 3.05) is 23.4 Å². The first-order valence-electron chi connectivity index (χ1n) is 6.67. The van der Waals surface area contributed by atoms with Crippen LogP contribution in [0.15, 0.2) is 0 Å². The molecule has 0 spiro atoms. The van der Waals surface area contributed by atoms with Crippen molar-refractivity contribution in [1.82, 2.24) is 15.0 Å². The van der Waals surface area contributed by atoms with Gasteiger partial charge in [0.05, 0.1) is 0 Å². The first-order valence-corrected chi connectivity index (χ1v) is 8.34. The van der Waals surface area contributed by atoms with E-state index >= 15 is 0 Å². The van der Waals surface area contributed by atoms with E-state index in [2.05, 4.69) is 31.8 Å². The maximum absolute atomic E-state index is 5.93. The summed E-state index contributed by atoms with van der Waals surface area (Å²) < 4.78 is 0. The van der Waals surface area contributed by atoms with Gasteiger partial charge in [-0.1, -0.05) is 12.8 Å². The fraction of sp³-hybridized carbons (Fsp3) is 0.750. The number of hydrogen-bond acceptors (Lipinski definition) is 6. The first-order chi connectivity index (χ1) is 9.22. The molecule has 106 valence electrons. The smallest absolute Gasteiger partial charge is 0.229 e. The highest BCUT2D eigenvalue weighted by Crippen LogP contribution is 2.29. The van der Waals surface area contributed by atoms with E-state index in [1.165, 1.54) is 19.3 Å². The number of thioether (sulfide) groups is 1. The third-order valence-electron chi connectivity index (χ3n) is 3.26. The van der Waals surface area contributed by atoms with Crippen molar-refractivity contribution in [3.8, 4) is 0 Å². The lowest BCUT2D eigenvalue weighted by atomic mass is 9.95. The molecule has 7 heteroatoms. The Balaban J connectivity index is 2.08. The van der Waals surface area contributed by atoms with Crippen LogP contribution in [0.3, 0.4) is 0 Å². The molecule has 1 aliphatic rings. The molecule has 0 bridgehead atoms. The summed E-state index contributed by atoms with van der Waals surface area (Å²) in [5.41, 5.74) is 0. The van der Waals surface area contributed by atoms with E-state index in [9.17, 15) is 0 Å². The summed E-state index contributed by atoms with van der Waals surface area (Å²) in [5, 5.41) is 7.32. The lowest BCUT2D eigenvalue weighted by molar-refractivity contribution is 0.473. The quantitative estimate of drug-likeness (QED) is 0.871. The van der Waals surface area contributed by atoms with Crippen molar-refractivity contribution in [2.45, 2.75) is 43.9 Å². The summed E-state index contributed by atoms with van der Waals surface area (Å²) in [5.74, 6) is 1.10. The van der Waals surface area contributed by atoms with Crippen LogP contribution in [0.25, 0.3) is 0 Å². The number of rotatable bonds is 5. The third-order valence-corrected chi connectivity index (χ3v) is 4.60. The fourth-order valence-electron chi connectivity index (χ4n) is 2.36. The van der Waals surface area contributed by atoms with E-state index in [1.54, 1.807) is 0 Å². The van der Waals surface area contributed by atoms with Crippen molar-refractivity contribution in [2.24, 2.45) is 0 Å². The molecule has 1 aromatic rings. The van der Waals surface area contributed by atoms with E-state index < -0.39 is 0 Å². The summed E-state index contributed by atoms with van der Waals surface area (Å²) in [4.78, 5) is 12.6. The summed E-state index contributed by atoms with van der Waals surface area (Å²) in [6.07, 6.45) is 7.13. The molecule has 1 aliphatic carbocycles. The van der Waals surface area contributed by atoms with E-state index in [0.717, 1.165) is 13.0 Å². The monoisotopic (exact) mass is 301 g/mol. The molecule has 2 atom stereocenters. The van der Waals surface area contributed by atoms with Crippen LogP contribution in [0.4, 0.5) is 11.9 Å². The molecule has 1 saturated carbocycles. The van der Waals surface area contributed by atoms with Gasteiger partial charge in [-0.3, -0.25) is 0 Å². The molecule has 1 heterocycles. The lowest BCUT2D eigenvalue weighted by Crippen LogP contribution is -2.35. The standard InChI is InChI=1S/C12H20ClN5S/c1-3-14-11-16-10(13)17-12(18-11)15-8-6-4-5-7-9(8)19-2/h8-9H,3-7H2,1-2H3,(H2,14,15,16,17,18). The zero-order valence-electron chi connectivity index (χ0n) is 11.3. The Morgan fingerprint density at radius 1 is 1.21 bits per heavy atom. The molecule has 0 aliphatic heterocycles. The molecule has 2 unspecified atom stereocenters. The second kappa shape index (κ2) is 7.14. The van der Waals surface area contributed by atoms with Gasteiger partial charge in [0.1, 0.15) is 0 Å². The number of halogens is 1. The number of nitrogens with one attached hydrogen (secondary N) is 2. The minimum Gasteiger partial charge on any atom is -0.354 e. The zero-order chi connectivity index (χ0) is 13.7. The van der Waals surface area contributed by atoms with Crippen LogP contribution in [0.1, 0.15) is 32.6 Å². The molecule has 5 nitrogen and oxygen atoms in total. The number of aromatic nitrogens is 3. The van der Waals surface area contributed by atoms with E-state index in [4.69, 9.17) is 11.6 Å². The molecule has 1 aromatic heterocycles. The van der Waals surface area contributed by atoms with Crippen molar-refractivity contribution >= 4 is 35.3 Å². The Kier molecular flexibility index (Phi) is 5.51. The van der Waals surface area contributed by atoms with Crippen molar-refractivity contribution < 1.29 is 0 Å². The highest BCUT2D eigenvalue weighted by molar-refractivity contribution is 7.99. The minimum atomic E-state index is 0.227. The SMILES string of the molecule is CCNc1nc(Cl)nc(NC2CCCCC2SC)n1. The van der Waals surface area contributed by atoms with Gasteiger partial charge in [-0.2, -0.15) is 26.7 Å². The van der Waals surface area contributed by atoms with Gasteiger partial charge in [0.25, 0.3) is 0 Å². The zero-order valence-corrected chi connectivity index (χ0v) is 12.9. The Labute approximate surface area is 123 Å². The number of anilines is 2. The van der Waals surface area contributed by atoms with E-state index in [1.807, 2.05) is 18.7 Å². The lowest BCUT2D eigenvalue weighted by Gasteiger charge is -2.30. The predicted octanol–water partition coefficient (Wildman–Crippen LogP) is 3.04. The van der Waals surface area contributed by atoms with Gasteiger partial charge in [-0.05, 0) is 37.6 Å². The van der Waals surface area contributed by atoms with Gasteiger partial charge in [0.2, 0.25) is 17.2 Å². The average Bonchev–Trinajstić information content (AvgIpc) is 2.39. The second-order valence-electron chi connectivity index (χ2n) is 4.59. The topological polar surface area (TPSA) is 62.7 Å². The minimum absolute atomic E-state index is 0.227. The van der Waals surface area contributed by atoms with E-state index in [-0.39, 0.29) is 5.28 Å². The van der Waals surface area contributed by atoms with Gasteiger partial charge in [0, 0.05) is 17.8 Å². The molecule has 0 amide bonds. The second-order valence-corrected chi connectivity index (χ2v) is 6.01. The normalized spacial score (nSPS) is 23.1. The molecule has 2 rings (SSSR count). The summed E-state index contributed by atoms with van der Waals surface area (Å²) in [6.45, 7) is 2.76.